The van der Waals surface area contributed by atoms with Gasteiger partial charge in [-0.25, -0.2) is 9.69 Å². The van der Waals surface area contributed by atoms with Gasteiger partial charge in [-0.2, -0.15) is 5.10 Å². The first kappa shape index (κ1) is 21.8. The molecule has 2 N–H and O–H groups in total. The molecule has 1 aromatic heterocycles. The zero-order valence-electron chi connectivity index (χ0n) is 19.0. The lowest BCUT2D eigenvalue weighted by Gasteiger charge is -2.35. The minimum Gasteiger partial charge on any atom is -0.314 e. The summed E-state index contributed by atoms with van der Waals surface area (Å²) >= 11 is 0. The molecule has 0 aliphatic carbocycles. The van der Waals surface area contributed by atoms with Crippen LogP contribution in [0, 0.1) is 0 Å². The lowest BCUT2D eigenvalue weighted by atomic mass is 10.1. The van der Waals surface area contributed by atoms with Crippen molar-refractivity contribution in [3.8, 4) is 16.9 Å². The van der Waals surface area contributed by atoms with Crippen LogP contribution in [-0.4, -0.2) is 70.9 Å². The Kier molecular flexibility index (Phi) is 6.81. The van der Waals surface area contributed by atoms with Crippen LogP contribution >= 0.6 is 0 Å². The SMILES string of the molecule is O=C(NN1CCN(CCC2CCCN2)CC1)c1cn(-c2ccccc2)nc1-c1ccccc1. The summed E-state index contributed by atoms with van der Waals surface area (Å²) in [7, 11) is 0. The van der Waals surface area contributed by atoms with Crippen molar-refractivity contribution in [3.63, 3.8) is 0 Å². The topological polar surface area (TPSA) is 65.4 Å². The summed E-state index contributed by atoms with van der Waals surface area (Å²) in [6.45, 7) is 5.90. The second-order valence-electron chi connectivity index (χ2n) is 8.89. The smallest absolute Gasteiger partial charge is 0.269 e. The highest BCUT2D eigenvalue weighted by Gasteiger charge is 2.24. The number of nitrogens with zero attached hydrogens (tertiary/aromatic N) is 4. The van der Waals surface area contributed by atoms with Crippen LogP contribution in [0.4, 0.5) is 0 Å². The number of piperazine rings is 1. The van der Waals surface area contributed by atoms with Crippen LogP contribution in [0.25, 0.3) is 16.9 Å². The van der Waals surface area contributed by atoms with E-state index in [9.17, 15) is 4.79 Å². The maximum atomic E-state index is 13.3. The summed E-state index contributed by atoms with van der Waals surface area (Å²) in [6, 6.07) is 20.5. The molecule has 0 saturated carbocycles. The predicted octanol–water partition coefficient (Wildman–Crippen LogP) is 2.94. The average molecular weight is 445 g/mol. The fraction of sp³-hybridized carbons (Fsp3) is 0.385. The highest BCUT2D eigenvalue weighted by Crippen LogP contribution is 2.24. The van der Waals surface area contributed by atoms with Crippen molar-refractivity contribution in [1.29, 1.82) is 0 Å². The number of hydrogen-bond donors (Lipinski definition) is 2. The van der Waals surface area contributed by atoms with Crippen molar-refractivity contribution in [2.75, 3.05) is 39.3 Å². The number of hydrogen-bond acceptors (Lipinski definition) is 5. The molecule has 2 aromatic carbocycles. The van der Waals surface area contributed by atoms with Crippen LogP contribution in [0.15, 0.2) is 66.9 Å². The van der Waals surface area contributed by atoms with Crippen molar-refractivity contribution < 1.29 is 4.79 Å². The lowest BCUT2D eigenvalue weighted by molar-refractivity contribution is 0.0614. The van der Waals surface area contributed by atoms with Gasteiger partial charge in [0, 0.05) is 44.0 Å². The van der Waals surface area contributed by atoms with Crippen LogP contribution in [0.1, 0.15) is 29.6 Å². The van der Waals surface area contributed by atoms with Crippen LogP contribution in [0.5, 0.6) is 0 Å². The molecule has 7 nitrogen and oxygen atoms in total. The van der Waals surface area contributed by atoms with E-state index in [0.717, 1.165) is 50.5 Å². The van der Waals surface area contributed by atoms with E-state index in [-0.39, 0.29) is 5.91 Å². The molecule has 5 rings (SSSR count). The first-order valence-electron chi connectivity index (χ1n) is 12.0. The molecule has 1 unspecified atom stereocenters. The third-order valence-corrected chi connectivity index (χ3v) is 6.61. The fourth-order valence-electron chi connectivity index (χ4n) is 4.69. The normalized spacial score (nSPS) is 19.6. The van der Waals surface area contributed by atoms with Crippen molar-refractivity contribution in [1.82, 2.24) is 30.4 Å². The highest BCUT2D eigenvalue weighted by molar-refractivity contribution is 5.99. The molecular formula is C26H32N6O. The van der Waals surface area contributed by atoms with Gasteiger partial charge in [-0.1, -0.05) is 48.5 Å². The molecule has 1 amide bonds. The van der Waals surface area contributed by atoms with Crippen LogP contribution in [0.3, 0.4) is 0 Å². The van der Waals surface area contributed by atoms with E-state index in [4.69, 9.17) is 5.10 Å². The number of hydrazine groups is 1. The third kappa shape index (κ3) is 5.33. The van der Waals surface area contributed by atoms with Crippen LogP contribution in [0.2, 0.25) is 0 Å². The molecule has 3 heterocycles. The maximum Gasteiger partial charge on any atom is 0.269 e. The Labute approximate surface area is 195 Å². The van der Waals surface area contributed by atoms with Crippen LogP contribution < -0.4 is 10.7 Å². The van der Waals surface area contributed by atoms with Crippen molar-refractivity contribution in [3.05, 3.63) is 72.4 Å². The van der Waals surface area contributed by atoms with Gasteiger partial charge in [0.1, 0.15) is 5.69 Å². The Morgan fingerprint density at radius 1 is 1.00 bits per heavy atom. The first-order valence-corrected chi connectivity index (χ1v) is 12.0. The van der Waals surface area contributed by atoms with Crippen molar-refractivity contribution in [2.45, 2.75) is 25.3 Å². The molecule has 3 aromatic rings. The summed E-state index contributed by atoms with van der Waals surface area (Å²) in [4.78, 5) is 15.8. The predicted molar refractivity (Wildman–Crippen MR) is 130 cm³/mol. The van der Waals surface area contributed by atoms with Crippen molar-refractivity contribution in [2.24, 2.45) is 0 Å². The van der Waals surface area contributed by atoms with Gasteiger partial charge < -0.3 is 10.2 Å². The van der Waals surface area contributed by atoms with Crippen LogP contribution in [-0.2, 0) is 0 Å². The van der Waals surface area contributed by atoms with E-state index in [0.29, 0.717) is 17.3 Å². The molecule has 0 radical (unpaired) electrons. The second-order valence-corrected chi connectivity index (χ2v) is 8.89. The second kappa shape index (κ2) is 10.3. The van der Waals surface area contributed by atoms with Gasteiger partial charge in [0.2, 0.25) is 0 Å². The van der Waals surface area contributed by atoms with E-state index in [2.05, 4.69) is 15.6 Å². The van der Waals surface area contributed by atoms with E-state index >= 15 is 0 Å². The van der Waals surface area contributed by atoms with Gasteiger partial charge in [0.15, 0.2) is 0 Å². The van der Waals surface area contributed by atoms with Gasteiger partial charge in [-0.05, 0) is 44.5 Å². The molecule has 2 fully saturated rings. The number of aromatic nitrogens is 2. The summed E-state index contributed by atoms with van der Waals surface area (Å²) in [5.74, 6) is -0.111. The Balaban J connectivity index is 1.25. The monoisotopic (exact) mass is 444 g/mol. The third-order valence-electron chi connectivity index (χ3n) is 6.61. The average Bonchev–Trinajstić information content (AvgIpc) is 3.55. The largest absolute Gasteiger partial charge is 0.314 e. The van der Waals surface area contributed by atoms with Crippen molar-refractivity contribution >= 4 is 5.91 Å². The number of para-hydroxylation sites is 1. The van der Waals surface area contributed by atoms with E-state index < -0.39 is 0 Å². The minimum absolute atomic E-state index is 0.111. The standard InChI is InChI=1S/C26H32N6O/c33-26(29-31-18-16-30(17-19-31)15-13-22-10-7-14-27-22)24-20-32(23-11-5-2-6-12-23)28-25(24)21-8-3-1-4-9-21/h1-6,8-9,11-12,20,22,27H,7,10,13-19H2,(H,29,33). The van der Waals surface area contributed by atoms with E-state index in [1.165, 1.54) is 19.3 Å². The van der Waals surface area contributed by atoms with Gasteiger partial charge in [0.05, 0.1) is 11.3 Å². The Hall–Kier alpha value is -3.00. The molecule has 172 valence electrons. The lowest BCUT2D eigenvalue weighted by Crippen LogP contribution is -2.53. The molecule has 2 aliphatic rings. The number of nitrogens with one attached hydrogen (secondary N) is 2. The molecule has 0 bridgehead atoms. The number of rotatable bonds is 7. The molecule has 0 spiro atoms. The van der Waals surface area contributed by atoms with Gasteiger partial charge in [-0.15, -0.1) is 0 Å². The molecule has 7 heteroatoms. The Bertz CT molecular complexity index is 1040. The summed E-state index contributed by atoms with van der Waals surface area (Å²) in [5, 5.41) is 10.4. The maximum absolute atomic E-state index is 13.3. The van der Waals surface area contributed by atoms with E-state index in [1.54, 1.807) is 4.68 Å². The molecule has 2 saturated heterocycles. The van der Waals surface area contributed by atoms with E-state index in [1.807, 2.05) is 71.9 Å². The van der Waals surface area contributed by atoms with Gasteiger partial charge >= 0.3 is 0 Å². The molecule has 33 heavy (non-hydrogen) atoms. The minimum atomic E-state index is -0.111. The zero-order chi connectivity index (χ0) is 22.5. The van der Waals surface area contributed by atoms with Gasteiger partial charge in [0.25, 0.3) is 5.91 Å². The summed E-state index contributed by atoms with van der Waals surface area (Å²) in [6.07, 6.45) is 5.65. The number of amides is 1. The number of carbonyl (C=O) groups is 1. The van der Waals surface area contributed by atoms with Gasteiger partial charge in [-0.3, -0.25) is 10.2 Å². The summed E-state index contributed by atoms with van der Waals surface area (Å²) < 4.78 is 1.78. The molecular weight excluding hydrogens is 412 g/mol. The molecule has 2 aliphatic heterocycles. The first-order chi connectivity index (χ1) is 16.3. The Morgan fingerprint density at radius 2 is 1.73 bits per heavy atom. The summed E-state index contributed by atoms with van der Waals surface area (Å²) in [5.41, 5.74) is 6.27. The fourth-order valence-corrected chi connectivity index (χ4v) is 4.69. The number of carbonyl (C=O) groups excluding carboxylic acids is 1. The Morgan fingerprint density at radius 3 is 2.42 bits per heavy atom. The number of benzene rings is 2. The highest BCUT2D eigenvalue weighted by atomic mass is 16.2. The molecule has 1 atom stereocenters. The quantitative estimate of drug-likeness (QED) is 0.587. The zero-order valence-corrected chi connectivity index (χ0v) is 19.0.